The van der Waals surface area contributed by atoms with E-state index in [0.29, 0.717) is 5.75 Å². The number of hydrogen-bond donors (Lipinski definition) is 0. The van der Waals surface area contributed by atoms with Crippen molar-refractivity contribution in [2.75, 3.05) is 5.75 Å². The van der Waals surface area contributed by atoms with Crippen molar-refractivity contribution in [1.29, 1.82) is 0 Å². The Balaban J connectivity index is 1.60. The molecule has 5 nitrogen and oxygen atoms in total. The van der Waals surface area contributed by atoms with E-state index in [0.717, 1.165) is 65.9 Å². The summed E-state index contributed by atoms with van der Waals surface area (Å²) in [6.45, 7) is 2.06. The molecule has 1 aromatic heterocycles. The second-order valence-electron chi connectivity index (χ2n) is 8.39. The van der Waals surface area contributed by atoms with Crippen LogP contribution in [0.1, 0.15) is 32.6 Å². The topological polar surface area (TPSA) is 61.2 Å². The summed E-state index contributed by atoms with van der Waals surface area (Å²) >= 11 is -1.53. The van der Waals surface area contributed by atoms with Gasteiger partial charge >= 0.3 is 5.97 Å². The predicted octanol–water partition coefficient (Wildman–Crippen LogP) is 6.67. The van der Waals surface area contributed by atoms with Crippen LogP contribution in [-0.2, 0) is 26.6 Å². The highest BCUT2D eigenvalue weighted by Gasteiger charge is 2.21. The van der Waals surface area contributed by atoms with Gasteiger partial charge in [0.15, 0.2) is 0 Å². The van der Waals surface area contributed by atoms with Crippen molar-refractivity contribution in [3.63, 3.8) is 0 Å². The van der Waals surface area contributed by atoms with Crippen molar-refractivity contribution in [3.8, 4) is 33.6 Å². The standard InChI is InChI=1S/C29H30N2O3S/c1-23(32)34-35(33)22-14-3-2-13-21-31-29(26-19-11-6-12-20-26)27(24-15-7-4-8-16-24)28(30-31)25-17-9-5-10-18-25/h4-12,15-20H,2-3,13-14,21-22H2,1H3. The minimum absolute atomic E-state index is 0.382. The minimum atomic E-state index is -1.53. The van der Waals surface area contributed by atoms with Crippen LogP contribution in [0.5, 0.6) is 0 Å². The van der Waals surface area contributed by atoms with Crippen molar-refractivity contribution in [2.45, 2.75) is 39.2 Å². The molecule has 0 amide bonds. The van der Waals surface area contributed by atoms with Crippen LogP contribution in [0.2, 0.25) is 0 Å². The van der Waals surface area contributed by atoms with Crippen LogP contribution in [0.4, 0.5) is 0 Å². The molecule has 35 heavy (non-hydrogen) atoms. The highest BCUT2D eigenvalue weighted by molar-refractivity contribution is 7.80. The number of carbonyl (C=O) groups is 1. The van der Waals surface area contributed by atoms with Crippen LogP contribution >= 0.6 is 0 Å². The highest BCUT2D eigenvalue weighted by atomic mass is 32.2. The zero-order chi connectivity index (χ0) is 24.5. The summed E-state index contributed by atoms with van der Waals surface area (Å²) < 4.78 is 18.5. The molecule has 0 bridgehead atoms. The Hall–Kier alpha value is -3.51. The van der Waals surface area contributed by atoms with E-state index in [1.165, 1.54) is 6.92 Å². The van der Waals surface area contributed by atoms with Gasteiger partial charge in [0.1, 0.15) is 5.69 Å². The van der Waals surface area contributed by atoms with Crippen molar-refractivity contribution in [1.82, 2.24) is 9.78 Å². The Bertz CT molecular complexity index is 1260. The maximum absolute atomic E-state index is 11.7. The van der Waals surface area contributed by atoms with Gasteiger partial charge in [0.2, 0.25) is 11.1 Å². The van der Waals surface area contributed by atoms with Crippen molar-refractivity contribution < 1.29 is 13.2 Å². The normalized spacial score (nSPS) is 11.8. The SMILES string of the molecule is CC(=O)OS(=O)CCCCCCn1nc(-c2ccccc2)c(-c2ccccc2)c1-c1ccccc1. The molecule has 0 spiro atoms. The lowest BCUT2D eigenvalue weighted by molar-refractivity contribution is -0.130. The van der Waals surface area contributed by atoms with Crippen molar-refractivity contribution >= 4 is 17.0 Å². The largest absolute Gasteiger partial charge is 0.364 e. The molecule has 0 aliphatic rings. The third-order valence-corrected chi connectivity index (χ3v) is 6.79. The number of carbonyl (C=O) groups excluding carboxylic acids is 1. The first-order valence-corrected chi connectivity index (χ1v) is 13.2. The number of benzene rings is 3. The molecule has 0 radical (unpaired) electrons. The fraction of sp³-hybridized carbons (Fsp3) is 0.241. The number of nitrogens with zero attached hydrogens (tertiary/aromatic N) is 2. The summed E-state index contributed by atoms with van der Waals surface area (Å²) in [5, 5.41) is 5.12. The van der Waals surface area contributed by atoms with Gasteiger partial charge in [0, 0.05) is 30.2 Å². The van der Waals surface area contributed by atoms with E-state index in [1.54, 1.807) is 0 Å². The second kappa shape index (κ2) is 12.3. The van der Waals surface area contributed by atoms with Crippen LogP contribution in [0.25, 0.3) is 33.6 Å². The summed E-state index contributed by atoms with van der Waals surface area (Å²) in [7, 11) is 0. The Labute approximate surface area is 209 Å². The van der Waals surface area contributed by atoms with Gasteiger partial charge in [-0.05, 0) is 18.4 Å². The first-order chi connectivity index (χ1) is 17.1. The molecule has 6 heteroatoms. The summed E-state index contributed by atoms with van der Waals surface area (Å²) in [4.78, 5) is 10.9. The van der Waals surface area contributed by atoms with E-state index < -0.39 is 17.0 Å². The molecule has 4 rings (SSSR count). The van der Waals surface area contributed by atoms with Gasteiger partial charge in [0.05, 0.1) is 11.4 Å². The summed E-state index contributed by atoms with van der Waals surface area (Å²) in [5.74, 6) is -0.119. The molecular formula is C29H30N2O3S. The van der Waals surface area contributed by atoms with Gasteiger partial charge in [0.25, 0.3) is 0 Å². The van der Waals surface area contributed by atoms with E-state index in [1.807, 2.05) is 30.3 Å². The molecule has 0 aliphatic carbocycles. The molecule has 0 saturated carbocycles. The van der Waals surface area contributed by atoms with E-state index in [-0.39, 0.29) is 0 Å². The molecule has 1 unspecified atom stereocenters. The Kier molecular flexibility index (Phi) is 8.63. The molecule has 0 saturated heterocycles. The zero-order valence-electron chi connectivity index (χ0n) is 19.9. The minimum Gasteiger partial charge on any atom is -0.364 e. The quantitative estimate of drug-likeness (QED) is 0.222. The van der Waals surface area contributed by atoms with Gasteiger partial charge in [-0.1, -0.05) is 104 Å². The van der Waals surface area contributed by atoms with Gasteiger partial charge in [-0.2, -0.15) is 5.10 Å². The van der Waals surface area contributed by atoms with Crippen molar-refractivity contribution in [3.05, 3.63) is 91.0 Å². The smallest absolute Gasteiger partial charge is 0.316 e. The molecule has 0 aliphatic heterocycles. The Morgan fingerprint density at radius 1 is 0.771 bits per heavy atom. The molecular weight excluding hydrogens is 456 g/mol. The Morgan fingerprint density at radius 3 is 1.91 bits per heavy atom. The number of aromatic nitrogens is 2. The van der Waals surface area contributed by atoms with Crippen LogP contribution in [0, 0.1) is 0 Å². The maximum atomic E-state index is 11.7. The first kappa shape index (κ1) is 24.6. The average molecular weight is 487 g/mol. The fourth-order valence-electron chi connectivity index (χ4n) is 4.20. The van der Waals surface area contributed by atoms with Crippen molar-refractivity contribution in [2.24, 2.45) is 0 Å². The number of rotatable bonds is 11. The molecule has 180 valence electrons. The molecule has 1 heterocycles. The first-order valence-electron chi connectivity index (χ1n) is 12.0. The number of hydrogen-bond acceptors (Lipinski definition) is 4. The summed E-state index contributed by atoms with van der Waals surface area (Å²) in [6, 6.07) is 31.2. The third kappa shape index (κ3) is 6.55. The second-order valence-corrected chi connectivity index (χ2v) is 9.57. The van der Waals surface area contributed by atoms with Gasteiger partial charge in [-0.3, -0.25) is 9.48 Å². The van der Waals surface area contributed by atoms with E-state index in [9.17, 15) is 9.00 Å². The lowest BCUT2D eigenvalue weighted by Gasteiger charge is -2.11. The third-order valence-electron chi connectivity index (χ3n) is 5.75. The Morgan fingerprint density at radius 2 is 1.31 bits per heavy atom. The zero-order valence-corrected chi connectivity index (χ0v) is 20.7. The summed E-state index contributed by atoms with van der Waals surface area (Å²) in [5.41, 5.74) is 6.61. The lowest BCUT2D eigenvalue weighted by atomic mass is 9.96. The molecule has 3 aromatic carbocycles. The lowest BCUT2D eigenvalue weighted by Crippen LogP contribution is -2.07. The average Bonchev–Trinajstić information content (AvgIpc) is 3.26. The summed E-state index contributed by atoms with van der Waals surface area (Å²) in [6.07, 6.45) is 3.61. The van der Waals surface area contributed by atoms with Gasteiger partial charge in [-0.15, -0.1) is 0 Å². The molecule has 0 fully saturated rings. The highest BCUT2D eigenvalue weighted by Crippen LogP contribution is 2.40. The van der Waals surface area contributed by atoms with E-state index in [4.69, 9.17) is 9.28 Å². The monoisotopic (exact) mass is 486 g/mol. The maximum Gasteiger partial charge on any atom is 0.316 e. The molecule has 1 atom stereocenters. The fourth-order valence-corrected chi connectivity index (χ4v) is 4.98. The van der Waals surface area contributed by atoms with E-state index >= 15 is 0 Å². The van der Waals surface area contributed by atoms with Gasteiger partial charge in [-0.25, -0.2) is 4.21 Å². The number of aryl methyl sites for hydroxylation is 1. The van der Waals surface area contributed by atoms with Crippen LogP contribution < -0.4 is 0 Å². The van der Waals surface area contributed by atoms with Gasteiger partial charge < -0.3 is 4.18 Å². The molecule has 4 aromatic rings. The predicted molar refractivity (Wildman–Crippen MR) is 142 cm³/mol. The number of unbranched alkanes of at least 4 members (excludes halogenated alkanes) is 3. The van der Waals surface area contributed by atoms with Crippen LogP contribution in [0.15, 0.2) is 91.0 Å². The van der Waals surface area contributed by atoms with E-state index in [2.05, 4.69) is 65.3 Å². The molecule has 0 N–H and O–H groups in total. The van der Waals surface area contributed by atoms with Crippen LogP contribution in [-0.4, -0.2) is 25.7 Å². The van der Waals surface area contributed by atoms with Crippen LogP contribution in [0.3, 0.4) is 0 Å².